The summed E-state index contributed by atoms with van der Waals surface area (Å²) < 4.78 is 0. The van der Waals surface area contributed by atoms with Gasteiger partial charge in [0, 0.05) is 227 Å². The van der Waals surface area contributed by atoms with Crippen molar-refractivity contribution in [3.05, 3.63) is 91.6 Å². The molecule has 6 radical (unpaired) electrons. The van der Waals surface area contributed by atoms with Gasteiger partial charge in [-0.2, -0.15) is 0 Å². The molecule has 8 bridgehead atoms. The summed E-state index contributed by atoms with van der Waals surface area (Å²) in [6.07, 6.45) is 8.33. The number of nitrogens with one attached hydrogen (secondary N) is 2. The van der Waals surface area contributed by atoms with E-state index in [1.54, 1.807) is 0 Å². The summed E-state index contributed by atoms with van der Waals surface area (Å²) in [5.41, 5.74) is 12.9. The molecule has 0 spiro atoms. The Morgan fingerprint density at radius 2 is 0.667 bits per heavy atom. The molecule has 4 nitrogen and oxygen atoms in total. The van der Waals surface area contributed by atoms with E-state index in [0.717, 1.165) is 61.5 Å². The molecule has 0 saturated heterocycles. The number of aromatic nitrogens is 4. The maximum Gasteiger partial charge on any atom is 0.0688 e. The molecule has 5 heterocycles. The molecule has 39 heavy (non-hydrogen) atoms. The normalized spacial score (nSPS) is 9.28. The van der Waals surface area contributed by atoms with Crippen molar-refractivity contribution < 1.29 is 199 Å². The maximum atomic E-state index is 4.86. The topological polar surface area (TPSA) is 57.4 Å². The van der Waals surface area contributed by atoms with E-state index in [1.165, 1.54) is 5.56 Å². The van der Waals surface area contributed by atoms with Crippen molar-refractivity contribution in [2.24, 2.45) is 0 Å². The van der Waals surface area contributed by atoms with Gasteiger partial charge < -0.3 is 32.2 Å². The van der Waals surface area contributed by atoms with Crippen molar-refractivity contribution in [1.29, 1.82) is 0 Å². The number of aryl methyl sites for hydroxylation is 3. The number of aromatic amines is 2. The Bertz CT molecular complexity index is 1280. The van der Waals surface area contributed by atoms with Crippen LogP contribution < -0.4 is 0 Å². The Balaban J connectivity index is -0.000000137. The third-order valence-electron chi connectivity index (χ3n) is 5.80. The molecular formula is C29H41N4Y6-3. The molecule has 5 rings (SSSR count). The molecule has 0 unspecified atom stereocenters. The molecule has 0 aliphatic carbocycles. The summed E-state index contributed by atoms with van der Waals surface area (Å²) in [5, 5.41) is 0. The van der Waals surface area contributed by atoms with Crippen LogP contribution in [0.2, 0.25) is 0 Å². The summed E-state index contributed by atoms with van der Waals surface area (Å²) >= 11 is 0. The Kier molecular flexibility index (Phi) is 35.6. The van der Waals surface area contributed by atoms with Crippen LogP contribution in [0.3, 0.4) is 0 Å². The van der Waals surface area contributed by atoms with Crippen LogP contribution in [0.4, 0.5) is 0 Å². The second kappa shape index (κ2) is 25.4. The molecule has 0 atom stereocenters. The first kappa shape index (κ1) is 54.7. The van der Waals surface area contributed by atoms with Gasteiger partial charge >= 0.3 is 0 Å². The minimum absolute atomic E-state index is 0. The van der Waals surface area contributed by atoms with Gasteiger partial charge in [0.25, 0.3) is 0 Å². The number of nitrogens with zero attached hydrogens (tertiary/aromatic N) is 2. The fourth-order valence-corrected chi connectivity index (χ4v) is 3.78. The molecule has 3 aromatic heterocycles. The van der Waals surface area contributed by atoms with Gasteiger partial charge in [0.2, 0.25) is 0 Å². The fourth-order valence-electron chi connectivity index (χ4n) is 3.78. The average molecular weight is 979 g/mol. The Hall–Kier alpha value is 3.22. The molecule has 2 aliphatic rings. The number of hydrogen-bond donors (Lipinski definition) is 2. The van der Waals surface area contributed by atoms with Crippen molar-refractivity contribution in [2.45, 2.75) is 41.5 Å². The summed E-state index contributed by atoms with van der Waals surface area (Å²) in [4.78, 5) is 16.8. The molecule has 0 saturated carbocycles. The van der Waals surface area contributed by atoms with Crippen LogP contribution in [-0.2, 0) is 196 Å². The smallest absolute Gasteiger partial charge is 0.0688 e. The monoisotopic (exact) mass is 979 g/mol. The summed E-state index contributed by atoms with van der Waals surface area (Å²) in [7, 11) is 0. The summed E-state index contributed by atoms with van der Waals surface area (Å²) in [5.74, 6) is 0. The minimum Gasteiger partial charge on any atom is -0.358 e. The van der Waals surface area contributed by atoms with E-state index in [1.807, 2.05) is 13.8 Å². The van der Waals surface area contributed by atoms with Crippen LogP contribution in [0, 0.1) is 50.0 Å². The first-order valence-corrected chi connectivity index (χ1v) is 10.5. The summed E-state index contributed by atoms with van der Waals surface area (Å²) in [6.45, 7) is 12.4. The van der Waals surface area contributed by atoms with Gasteiger partial charge in [0.05, 0.1) is 22.8 Å². The zero-order valence-electron chi connectivity index (χ0n) is 25.0. The molecule has 198 valence electrons. The number of rotatable bonds is 0. The first-order chi connectivity index (χ1) is 14.5. The third kappa shape index (κ3) is 12.5. The maximum absolute atomic E-state index is 4.86. The van der Waals surface area contributed by atoms with Crippen molar-refractivity contribution in [2.75, 3.05) is 0 Å². The van der Waals surface area contributed by atoms with E-state index in [4.69, 9.17) is 9.97 Å². The van der Waals surface area contributed by atoms with Gasteiger partial charge in [-0.05, 0) is 93.0 Å². The van der Waals surface area contributed by atoms with Gasteiger partial charge in [-0.3, -0.25) is 0 Å². The predicted molar refractivity (Wildman–Crippen MR) is 153 cm³/mol. The van der Waals surface area contributed by atoms with Crippen molar-refractivity contribution in [3.8, 4) is 0 Å². The molecule has 10 heteroatoms. The zero-order chi connectivity index (χ0) is 21.4. The van der Waals surface area contributed by atoms with Crippen LogP contribution in [-0.4, -0.2) is 19.9 Å². The van der Waals surface area contributed by atoms with E-state index >= 15 is 0 Å². The quantitative estimate of drug-likeness (QED) is 0.153. The molecule has 0 amide bonds. The van der Waals surface area contributed by atoms with Gasteiger partial charge in [-0.1, -0.05) is 13.8 Å². The molecule has 3 aromatic rings. The van der Waals surface area contributed by atoms with Crippen LogP contribution in [0.25, 0.3) is 46.4 Å². The van der Waals surface area contributed by atoms with Crippen LogP contribution in [0.5, 0.6) is 0 Å². The minimum atomic E-state index is 0. The van der Waals surface area contributed by atoms with Crippen molar-refractivity contribution >= 4 is 46.4 Å². The SMILES string of the molecule is CC.Cc1c2nc(c(C)c3ccc([nH]3)c(C)c3ccc([nH]3)c(C)c3nc1C=C3)C=C2.[CH3-].[CH3-].[CH3-].[HH].[HH].[Y].[Y].[Y].[Y].[Y].[Y]. The van der Waals surface area contributed by atoms with Gasteiger partial charge in [0.1, 0.15) is 0 Å². The van der Waals surface area contributed by atoms with Crippen molar-refractivity contribution in [1.82, 2.24) is 19.9 Å². The average Bonchev–Trinajstić information content (AvgIpc) is 3.58. The standard InChI is InChI=1S/C24H22N4.C2H6.3CH3.6Y.2H2/c1-13-17-5-7-19(25-17)14(2)21-9-11-23(27-21)16(4)24-12-10-22(28-24)15(3)20-8-6-18(13)26-20;1-2;;;;;;;;;;;/h5-12,25-26H,1-4H3;1-2H3;3*1H3;;;;;;;2*1H/q;;3*-1;;;;;;;;. The van der Waals surface area contributed by atoms with Gasteiger partial charge in [-0.15, -0.1) is 0 Å². The number of hydrogen-bond acceptors (Lipinski definition) is 2. The van der Waals surface area contributed by atoms with Gasteiger partial charge in [0.15, 0.2) is 0 Å². The van der Waals surface area contributed by atoms with Gasteiger partial charge in [-0.25, -0.2) is 9.97 Å². The first-order valence-electron chi connectivity index (χ1n) is 10.5. The van der Waals surface area contributed by atoms with E-state index < -0.39 is 0 Å². The number of H-pyrrole nitrogens is 2. The van der Waals surface area contributed by atoms with Crippen LogP contribution in [0.15, 0.2) is 24.3 Å². The Morgan fingerprint density at radius 3 is 0.949 bits per heavy atom. The second-order valence-electron chi connectivity index (χ2n) is 7.50. The number of fused-ring (bicyclic) bond motifs is 8. The molecule has 0 fully saturated rings. The van der Waals surface area contributed by atoms with E-state index in [-0.39, 0.29) is 221 Å². The predicted octanol–water partition coefficient (Wildman–Crippen LogP) is 8.74. The van der Waals surface area contributed by atoms with E-state index in [0.29, 0.717) is 0 Å². The van der Waals surface area contributed by atoms with Crippen LogP contribution >= 0.6 is 0 Å². The third-order valence-corrected chi connectivity index (χ3v) is 5.80. The van der Waals surface area contributed by atoms with Crippen LogP contribution in [0.1, 0.15) is 61.7 Å². The summed E-state index contributed by atoms with van der Waals surface area (Å²) in [6, 6.07) is 8.52. The Morgan fingerprint density at radius 1 is 0.436 bits per heavy atom. The molecule has 2 aliphatic heterocycles. The molecule has 2 N–H and O–H groups in total. The van der Waals surface area contributed by atoms with E-state index in [2.05, 4.69) is 86.2 Å². The van der Waals surface area contributed by atoms with Crippen molar-refractivity contribution in [3.63, 3.8) is 0 Å². The second-order valence-corrected chi connectivity index (χ2v) is 7.50. The molecule has 0 aromatic carbocycles. The van der Waals surface area contributed by atoms with E-state index in [9.17, 15) is 0 Å². The Labute approximate surface area is 390 Å². The zero-order valence-corrected chi connectivity index (χ0v) is 42.0. The largest absolute Gasteiger partial charge is 0.358 e. The fraction of sp³-hybridized carbons (Fsp3) is 0.207. The molecular weight excluding hydrogens is 938 g/mol.